The van der Waals surface area contributed by atoms with Gasteiger partial charge >= 0.3 is 0 Å². The van der Waals surface area contributed by atoms with Crippen molar-refractivity contribution in [2.45, 2.75) is 62.4 Å². The average Bonchev–Trinajstić information content (AvgIpc) is 3.36. The zero-order chi connectivity index (χ0) is 31.9. The second-order valence-electron chi connectivity index (χ2n) is 11.6. The summed E-state index contributed by atoms with van der Waals surface area (Å²) in [6, 6.07) is 7.36. The Kier molecular flexibility index (Phi) is 8.39. The molecule has 0 spiro atoms. The Morgan fingerprint density at radius 1 is 1.00 bits per heavy atom. The number of carbonyl (C=O) groups excluding carboxylic acids is 1. The van der Waals surface area contributed by atoms with Gasteiger partial charge < -0.3 is 16.4 Å². The van der Waals surface area contributed by atoms with Crippen LogP contribution in [0.4, 0.5) is 30.8 Å². The standard InChI is InChI=1S/C30H33F3N8O3S/c1-17-4-10-22(11-5-17)45(43,44)40-12-2-3-20(16-40)36-29-35-15-25-28(39-29)41(21-8-6-18(7-9-21)27(34)42)30(37-25)38-26-23(32)13-19(31)14-24(26)33/h4-5,10-11,13-15,18,20-21H,2-3,6-9,12,16H2,1H3,(H2,34,42)(H,37,38)(H,35,36,39)/t18?,20-,21?/m1/s1. The molecule has 0 radical (unpaired) electrons. The lowest BCUT2D eigenvalue weighted by Crippen LogP contribution is -2.45. The lowest BCUT2D eigenvalue weighted by atomic mass is 9.85. The highest BCUT2D eigenvalue weighted by molar-refractivity contribution is 7.89. The van der Waals surface area contributed by atoms with Crippen molar-refractivity contribution in [1.29, 1.82) is 0 Å². The maximum absolute atomic E-state index is 14.6. The molecule has 11 nitrogen and oxygen atoms in total. The van der Waals surface area contributed by atoms with Gasteiger partial charge in [0.05, 0.1) is 11.1 Å². The van der Waals surface area contributed by atoms with E-state index < -0.39 is 33.2 Å². The van der Waals surface area contributed by atoms with E-state index in [-0.39, 0.29) is 47.2 Å². The van der Waals surface area contributed by atoms with Crippen LogP contribution in [0.1, 0.15) is 50.1 Å². The third-order valence-electron chi connectivity index (χ3n) is 8.52. The number of primary amides is 1. The summed E-state index contributed by atoms with van der Waals surface area (Å²) in [5.74, 6) is -3.65. The van der Waals surface area contributed by atoms with E-state index in [9.17, 15) is 26.4 Å². The molecule has 1 aliphatic carbocycles. The lowest BCUT2D eigenvalue weighted by Gasteiger charge is -2.32. The maximum atomic E-state index is 14.6. The Morgan fingerprint density at radius 2 is 1.69 bits per heavy atom. The van der Waals surface area contributed by atoms with Gasteiger partial charge in [-0.1, -0.05) is 17.7 Å². The van der Waals surface area contributed by atoms with E-state index in [0.29, 0.717) is 68.4 Å². The first-order valence-electron chi connectivity index (χ1n) is 14.8. The number of fused-ring (bicyclic) bond motifs is 1. The highest BCUT2D eigenvalue weighted by Gasteiger charge is 2.32. The summed E-state index contributed by atoms with van der Waals surface area (Å²) < 4.78 is 72.6. The maximum Gasteiger partial charge on any atom is 0.243 e. The number of nitrogens with zero attached hydrogens (tertiary/aromatic N) is 5. The highest BCUT2D eigenvalue weighted by atomic mass is 32.2. The minimum atomic E-state index is -3.69. The molecule has 2 fully saturated rings. The molecule has 15 heteroatoms. The second kappa shape index (κ2) is 12.3. The van der Waals surface area contributed by atoms with Crippen molar-refractivity contribution in [3.05, 3.63) is 65.6 Å². The SMILES string of the molecule is Cc1ccc(S(=O)(=O)N2CCC[C@@H](Nc3ncc4nc(Nc5c(F)cc(F)cc5F)n(C5CCC(C(N)=O)CC5)c4n3)C2)cc1. The first-order chi connectivity index (χ1) is 21.5. The minimum Gasteiger partial charge on any atom is -0.369 e. The predicted molar refractivity (Wildman–Crippen MR) is 162 cm³/mol. The monoisotopic (exact) mass is 642 g/mol. The molecule has 1 saturated carbocycles. The predicted octanol–water partition coefficient (Wildman–Crippen LogP) is 4.78. The first-order valence-corrected chi connectivity index (χ1v) is 16.2. The summed E-state index contributed by atoms with van der Waals surface area (Å²) in [5, 5.41) is 5.94. The molecular formula is C30H33F3N8O3S. The molecule has 2 aliphatic rings. The largest absolute Gasteiger partial charge is 0.369 e. The zero-order valence-corrected chi connectivity index (χ0v) is 25.3. The van der Waals surface area contributed by atoms with E-state index >= 15 is 0 Å². The number of halogens is 3. The topological polar surface area (TPSA) is 148 Å². The van der Waals surface area contributed by atoms with E-state index in [4.69, 9.17) is 10.7 Å². The van der Waals surface area contributed by atoms with Crippen LogP contribution in [0.25, 0.3) is 11.2 Å². The number of nitrogens with two attached hydrogens (primary N) is 1. The van der Waals surface area contributed by atoms with Gasteiger partial charge in [-0.3, -0.25) is 9.36 Å². The van der Waals surface area contributed by atoms with E-state index in [1.807, 2.05) is 6.92 Å². The average molecular weight is 643 g/mol. The molecule has 4 aromatic rings. The zero-order valence-electron chi connectivity index (χ0n) is 24.5. The normalized spacial score (nSPS) is 21.1. The fraction of sp³-hybridized carbons (Fsp3) is 0.400. The molecule has 1 saturated heterocycles. The Morgan fingerprint density at radius 3 is 2.36 bits per heavy atom. The van der Waals surface area contributed by atoms with Crippen LogP contribution in [0.2, 0.25) is 0 Å². The van der Waals surface area contributed by atoms with Crippen LogP contribution in [-0.4, -0.2) is 57.3 Å². The number of anilines is 3. The Labute approximate surface area is 258 Å². The van der Waals surface area contributed by atoms with Gasteiger partial charge in [-0.25, -0.2) is 31.6 Å². The number of rotatable bonds is 8. The molecule has 0 unspecified atom stereocenters. The van der Waals surface area contributed by atoms with Crippen LogP contribution in [0, 0.1) is 30.3 Å². The van der Waals surface area contributed by atoms with Crippen molar-refractivity contribution in [2.75, 3.05) is 23.7 Å². The van der Waals surface area contributed by atoms with Gasteiger partial charge in [-0.15, -0.1) is 0 Å². The van der Waals surface area contributed by atoms with E-state index in [2.05, 4.69) is 20.6 Å². The summed E-state index contributed by atoms with van der Waals surface area (Å²) in [4.78, 5) is 25.6. The summed E-state index contributed by atoms with van der Waals surface area (Å²) in [5.41, 5.74) is 6.64. The van der Waals surface area contributed by atoms with E-state index in [1.54, 1.807) is 28.8 Å². The fourth-order valence-corrected chi connectivity index (χ4v) is 7.63. The Balaban J connectivity index is 1.30. The van der Waals surface area contributed by atoms with Gasteiger partial charge in [-0.2, -0.15) is 9.29 Å². The smallest absolute Gasteiger partial charge is 0.243 e. The van der Waals surface area contributed by atoms with Gasteiger partial charge in [0.2, 0.25) is 27.8 Å². The van der Waals surface area contributed by atoms with Crippen LogP contribution >= 0.6 is 0 Å². The van der Waals surface area contributed by atoms with Gasteiger partial charge in [-0.05, 0) is 57.6 Å². The lowest BCUT2D eigenvalue weighted by molar-refractivity contribution is -0.122. The fourth-order valence-electron chi connectivity index (χ4n) is 6.11. The van der Waals surface area contributed by atoms with Gasteiger partial charge in [0.25, 0.3) is 0 Å². The number of aromatic nitrogens is 4. The van der Waals surface area contributed by atoms with Gasteiger partial charge in [0.15, 0.2) is 17.3 Å². The summed E-state index contributed by atoms with van der Waals surface area (Å²) >= 11 is 0. The van der Waals surface area contributed by atoms with Crippen LogP contribution in [0.5, 0.6) is 0 Å². The molecular weight excluding hydrogens is 609 g/mol. The molecule has 2 aromatic carbocycles. The van der Waals surface area contributed by atoms with Crippen molar-refractivity contribution in [3.8, 4) is 0 Å². The number of imidazole rings is 1. The Hall–Kier alpha value is -4.24. The molecule has 45 heavy (non-hydrogen) atoms. The summed E-state index contributed by atoms with van der Waals surface area (Å²) in [7, 11) is -3.69. The van der Waals surface area contributed by atoms with Crippen LogP contribution in [0.3, 0.4) is 0 Å². The van der Waals surface area contributed by atoms with Crippen LogP contribution in [-0.2, 0) is 14.8 Å². The number of hydrogen-bond donors (Lipinski definition) is 3. The van der Waals surface area contributed by atoms with Gasteiger partial charge in [0, 0.05) is 43.2 Å². The third-order valence-corrected chi connectivity index (χ3v) is 10.4. The number of aryl methyl sites for hydroxylation is 1. The number of amides is 1. The Bertz CT molecular complexity index is 1820. The van der Waals surface area contributed by atoms with E-state index in [1.165, 1.54) is 10.5 Å². The molecule has 4 N–H and O–H groups in total. The molecule has 2 aromatic heterocycles. The quantitative estimate of drug-likeness (QED) is 0.249. The second-order valence-corrected chi connectivity index (χ2v) is 13.6. The molecule has 1 atom stereocenters. The molecule has 3 heterocycles. The number of hydrogen-bond acceptors (Lipinski definition) is 8. The third kappa shape index (κ3) is 6.31. The summed E-state index contributed by atoms with van der Waals surface area (Å²) in [6.45, 7) is 2.50. The van der Waals surface area contributed by atoms with Crippen LogP contribution in [0.15, 0.2) is 47.5 Å². The number of piperidine rings is 1. The van der Waals surface area contributed by atoms with E-state index in [0.717, 1.165) is 5.56 Å². The number of benzene rings is 2. The number of carbonyl (C=O) groups is 1. The highest BCUT2D eigenvalue weighted by Crippen LogP contribution is 2.37. The van der Waals surface area contributed by atoms with Crippen molar-refractivity contribution in [1.82, 2.24) is 23.8 Å². The van der Waals surface area contributed by atoms with Crippen molar-refractivity contribution in [2.24, 2.45) is 11.7 Å². The number of nitrogens with one attached hydrogen (secondary N) is 2. The minimum absolute atomic E-state index is 0.0800. The van der Waals surface area contributed by atoms with Crippen molar-refractivity contribution >= 4 is 44.7 Å². The van der Waals surface area contributed by atoms with Gasteiger partial charge in [0.1, 0.15) is 17.0 Å². The molecule has 0 bridgehead atoms. The number of sulfonamides is 1. The molecule has 6 rings (SSSR count). The molecule has 1 amide bonds. The molecule has 238 valence electrons. The molecule has 1 aliphatic heterocycles. The first kappa shape index (κ1) is 30.8. The van der Waals surface area contributed by atoms with Crippen molar-refractivity contribution in [3.63, 3.8) is 0 Å². The summed E-state index contributed by atoms with van der Waals surface area (Å²) in [6.07, 6.45) is 4.89. The van der Waals surface area contributed by atoms with Crippen LogP contribution < -0.4 is 16.4 Å². The van der Waals surface area contributed by atoms with Crippen molar-refractivity contribution < 1.29 is 26.4 Å².